The van der Waals surface area contributed by atoms with Crippen LogP contribution in [0.5, 0.6) is 5.75 Å². The lowest BCUT2D eigenvalue weighted by Crippen LogP contribution is -2.48. The number of nitro groups is 1. The summed E-state index contributed by atoms with van der Waals surface area (Å²) >= 11 is 0. The summed E-state index contributed by atoms with van der Waals surface area (Å²) < 4.78 is 5.91. The molecular weight excluding hydrogens is 370 g/mol. The molecule has 6 rings (SSSR count). The summed E-state index contributed by atoms with van der Waals surface area (Å²) in [6.07, 6.45) is 6.13. The molecule has 4 unspecified atom stereocenters. The second kappa shape index (κ2) is 6.65. The molecule has 6 nitrogen and oxygen atoms in total. The van der Waals surface area contributed by atoms with Crippen LogP contribution in [0.15, 0.2) is 54.6 Å². The van der Waals surface area contributed by atoms with Crippen molar-refractivity contribution in [1.29, 1.82) is 0 Å². The summed E-state index contributed by atoms with van der Waals surface area (Å²) in [6, 6.07) is 11.3. The Morgan fingerprint density at radius 3 is 2.21 bits per heavy atom. The number of allylic oxidation sites excluding steroid dienone is 2. The van der Waals surface area contributed by atoms with Crippen LogP contribution in [0.4, 0.5) is 5.69 Å². The highest BCUT2D eigenvalue weighted by Gasteiger charge is 2.52. The smallest absolute Gasteiger partial charge is 0.269 e. The predicted octanol–water partition coefficient (Wildman–Crippen LogP) is 4.38. The first-order valence-electron chi connectivity index (χ1n) is 9.80. The number of Topliss-reactive ketones (excluding diaryl/α,β-unsaturated/α-hetero) is 2. The molecule has 6 heteroatoms. The van der Waals surface area contributed by atoms with Gasteiger partial charge in [-0.25, -0.2) is 0 Å². The summed E-state index contributed by atoms with van der Waals surface area (Å²) in [7, 11) is 0. The molecule has 2 aromatic rings. The zero-order valence-electron chi connectivity index (χ0n) is 15.6. The third kappa shape index (κ3) is 2.78. The maximum absolute atomic E-state index is 13.4. The van der Waals surface area contributed by atoms with Crippen molar-refractivity contribution in [3.8, 4) is 5.75 Å². The molecule has 0 N–H and O–H groups in total. The van der Waals surface area contributed by atoms with Crippen LogP contribution in [0.1, 0.15) is 39.1 Å². The number of hydrogen-bond donors (Lipinski definition) is 0. The highest BCUT2D eigenvalue weighted by molar-refractivity contribution is 6.18. The van der Waals surface area contributed by atoms with Gasteiger partial charge in [-0.1, -0.05) is 24.3 Å². The fourth-order valence-electron chi connectivity index (χ4n) is 5.04. The zero-order valence-corrected chi connectivity index (χ0v) is 15.6. The number of carbonyl (C=O) groups excluding carboxylic acids is 2. The van der Waals surface area contributed by atoms with Gasteiger partial charge in [0.2, 0.25) is 0 Å². The van der Waals surface area contributed by atoms with E-state index in [4.69, 9.17) is 4.74 Å². The van der Waals surface area contributed by atoms with Gasteiger partial charge >= 0.3 is 0 Å². The van der Waals surface area contributed by atoms with Gasteiger partial charge in [0.1, 0.15) is 12.4 Å². The average molecular weight is 389 g/mol. The number of nitrogens with zero attached hydrogens (tertiary/aromatic N) is 1. The molecular formula is C23H19NO5. The number of hydrogen-bond acceptors (Lipinski definition) is 5. The summed E-state index contributed by atoms with van der Waals surface area (Å²) in [6.45, 7) is 0.163. The van der Waals surface area contributed by atoms with Crippen LogP contribution in [0.3, 0.4) is 0 Å². The lowest BCUT2D eigenvalue weighted by molar-refractivity contribution is -0.384. The van der Waals surface area contributed by atoms with E-state index in [0.717, 1.165) is 18.4 Å². The Labute approximate surface area is 167 Å². The minimum atomic E-state index is -0.453. The van der Waals surface area contributed by atoms with Crippen LogP contribution in [0, 0.1) is 33.8 Å². The van der Waals surface area contributed by atoms with Crippen molar-refractivity contribution in [1.82, 2.24) is 0 Å². The van der Waals surface area contributed by atoms with E-state index < -0.39 is 4.92 Å². The number of non-ortho nitro benzene ring substituents is 1. The van der Waals surface area contributed by atoms with E-state index in [2.05, 4.69) is 12.2 Å². The number of nitro benzene ring substituents is 1. The van der Waals surface area contributed by atoms with Crippen molar-refractivity contribution in [2.24, 2.45) is 23.7 Å². The van der Waals surface area contributed by atoms with E-state index in [9.17, 15) is 19.7 Å². The highest BCUT2D eigenvalue weighted by atomic mass is 16.6. The molecule has 0 aromatic heterocycles. The van der Waals surface area contributed by atoms with E-state index in [1.165, 1.54) is 12.1 Å². The van der Waals surface area contributed by atoms with Gasteiger partial charge in [0, 0.05) is 29.5 Å². The van der Waals surface area contributed by atoms with Crippen LogP contribution >= 0.6 is 0 Å². The number of ketones is 2. The predicted molar refractivity (Wildman–Crippen MR) is 105 cm³/mol. The van der Waals surface area contributed by atoms with Crippen LogP contribution in [0.25, 0.3) is 0 Å². The van der Waals surface area contributed by atoms with Crippen molar-refractivity contribution in [2.75, 3.05) is 0 Å². The maximum atomic E-state index is 13.4. The summed E-state index contributed by atoms with van der Waals surface area (Å²) in [5.41, 5.74) is 1.61. The van der Waals surface area contributed by atoms with Crippen molar-refractivity contribution >= 4 is 17.3 Å². The second-order valence-electron chi connectivity index (χ2n) is 7.96. The molecule has 0 aliphatic heterocycles. The van der Waals surface area contributed by atoms with Crippen LogP contribution in [-0.4, -0.2) is 16.5 Å². The number of ether oxygens (including phenoxy) is 1. The first-order valence-corrected chi connectivity index (χ1v) is 9.80. The molecule has 0 radical (unpaired) electrons. The molecule has 29 heavy (non-hydrogen) atoms. The molecule has 0 heterocycles. The number of rotatable bonds is 4. The first-order chi connectivity index (χ1) is 14.0. The normalized spacial score (nSPS) is 26.8. The Morgan fingerprint density at radius 2 is 1.59 bits per heavy atom. The molecule has 0 amide bonds. The van der Waals surface area contributed by atoms with Crippen molar-refractivity contribution < 1.29 is 19.2 Å². The second-order valence-corrected chi connectivity index (χ2v) is 7.96. The quantitative estimate of drug-likeness (QED) is 0.440. The zero-order chi connectivity index (χ0) is 20.1. The maximum Gasteiger partial charge on any atom is 0.269 e. The van der Waals surface area contributed by atoms with Crippen molar-refractivity contribution in [2.45, 2.75) is 19.4 Å². The fraction of sp³-hybridized carbons (Fsp3) is 0.304. The Hall–Kier alpha value is -3.28. The molecule has 0 saturated heterocycles. The van der Waals surface area contributed by atoms with Gasteiger partial charge < -0.3 is 4.74 Å². The van der Waals surface area contributed by atoms with Gasteiger partial charge in [-0.05, 0) is 48.4 Å². The molecule has 0 spiro atoms. The van der Waals surface area contributed by atoms with Gasteiger partial charge in [-0.3, -0.25) is 19.7 Å². The van der Waals surface area contributed by atoms with Gasteiger partial charge in [-0.2, -0.15) is 0 Å². The van der Waals surface area contributed by atoms with Crippen molar-refractivity contribution in [3.63, 3.8) is 0 Å². The minimum absolute atomic E-state index is 0.00273. The number of carbonyl (C=O) groups is 2. The van der Waals surface area contributed by atoms with Crippen molar-refractivity contribution in [3.05, 3.63) is 81.4 Å². The summed E-state index contributed by atoms with van der Waals surface area (Å²) in [5, 5.41) is 10.8. The molecule has 1 fully saturated rings. The van der Waals surface area contributed by atoms with E-state index in [-0.39, 0.29) is 47.5 Å². The summed E-state index contributed by atoms with van der Waals surface area (Å²) in [5.74, 6) is 0.193. The van der Waals surface area contributed by atoms with Gasteiger partial charge in [0.05, 0.1) is 10.5 Å². The van der Waals surface area contributed by atoms with Crippen LogP contribution < -0.4 is 4.74 Å². The van der Waals surface area contributed by atoms with Gasteiger partial charge in [-0.15, -0.1) is 0 Å². The Kier molecular flexibility index (Phi) is 4.08. The third-order valence-electron chi connectivity index (χ3n) is 6.43. The van der Waals surface area contributed by atoms with E-state index in [1.807, 2.05) is 0 Å². The SMILES string of the molecule is O=C1c2cccc(OCc3ccc([N+](=O)[O-])cc3)c2C(=O)C2C3C=CC(CC3)C12. The molecule has 146 valence electrons. The van der Waals surface area contributed by atoms with Crippen LogP contribution in [-0.2, 0) is 6.61 Å². The van der Waals surface area contributed by atoms with E-state index in [0.29, 0.717) is 16.9 Å². The number of fused-ring (bicyclic) bond motifs is 2. The standard InChI is InChI=1S/C23H19NO5/c25-22-17-2-1-3-18(29-12-13-4-10-16(11-5-13)24(27)28)21(17)23(26)20-15-8-6-14(7-9-15)19(20)22/h1-6,8,10-11,14-15,19-20H,7,9,12H2. The molecule has 4 atom stereocenters. The third-order valence-corrected chi connectivity index (χ3v) is 6.43. The summed E-state index contributed by atoms with van der Waals surface area (Å²) in [4.78, 5) is 36.9. The Morgan fingerprint density at radius 1 is 0.931 bits per heavy atom. The van der Waals surface area contributed by atoms with E-state index in [1.54, 1.807) is 30.3 Å². The lowest BCUT2D eigenvalue weighted by atomic mass is 9.56. The highest BCUT2D eigenvalue weighted by Crippen LogP contribution is 2.51. The largest absolute Gasteiger partial charge is 0.488 e. The van der Waals surface area contributed by atoms with Gasteiger partial charge in [0.25, 0.3) is 5.69 Å². The molecule has 1 saturated carbocycles. The number of benzene rings is 2. The minimum Gasteiger partial charge on any atom is -0.488 e. The average Bonchev–Trinajstić information content (AvgIpc) is 2.76. The van der Waals surface area contributed by atoms with Crippen LogP contribution in [0.2, 0.25) is 0 Å². The Bertz CT molecular complexity index is 1060. The molecule has 4 aliphatic rings. The molecule has 2 bridgehead atoms. The molecule has 4 aliphatic carbocycles. The topological polar surface area (TPSA) is 86.5 Å². The first kappa shape index (κ1) is 17.8. The Balaban J connectivity index is 1.45. The fourth-order valence-corrected chi connectivity index (χ4v) is 5.04. The molecule has 2 aromatic carbocycles. The van der Waals surface area contributed by atoms with E-state index >= 15 is 0 Å². The monoisotopic (exact) mass is 389 g/mol. The lowest BCUT2D eigenvalue weighted by Gasteiger charge is -2.46. The van der Waals surface area contributed by atoms with Gasteiger partial charge in [0.15, 0.2) is 11.6 Å².